The van der Waals surface area contributed by atoms with Gasteiger partial charge in [0.1, 0.15) is 0 Å². The molecule has 2 heteroatoms. The highest BCUT2D eigenvalue weighted by atomic mass is 16.6. The SMILES string of the molecule is OC12OC3C4C5CC(C6C5C3C61)C42. The van der Waals surface area contributed by atoms with E-state index in [0.717, 1.165) is 35.5 Å². The van der Waals surface area contributed by atoms with Gasteiger partial charge in [-0.25, -0.2) is 0 Å². The largest absolute Gasteiger partial charge is 0.365 e. The van der Waals surface area contributed by atoms with E-state index >= 15 is 0 Å². The second kappa shape index (κ2) is 1.17. The first-order valence-electron chi connectivity index (χ1n) is 5.72. The van der Waals surface area contributed by atoms with Crippen LogP contribution in [0.25, 0.3) is 0 Å². The lowest BCUT2D eigenvalue weighted by atomic mass is 9.59. The van der Waals surface area contributed by atoms with Crippen molar-refractivity contribution in [3.05, 3.63) is 0 Å². The molecule has 1 N–H and O–H groups in total. The molecule has 2 aliphatic heterocycles. The van der Waals surface area contributed by atoms with Crippen molar-refractivity contribution in [3.8, 4) is 0 Å². The van der Waals surface area contributed by atoms with Gasteiger partial charge in [-0.3, -0.25) is 0 Å². The van der Waals surface area contributed by atoms with E-state index in [1.54, 1.807) is 0 Å². The topological polar surface area (TPSA) is 29.5 Å². The van der Waals surface area contributed by atoms with Crippen LogP contribution >= 0.6 is 0 Å². The Kier molecular flexibility index (Phi) is 0.513. The molecule has 2 heterocycles. The van der Waals surface area contributed by atoms with Gasteiger partial charge in [0.25, 0.3) is 0 Å². The molecule has 10 unspecified atom stereocenters. The van der Waals surface area contributed by atoms with Crippen LogP contribution < -0.4 is 0 Å². The van der Waals surface area contributed by atoms with Gasteiger partial charge in [0, 0.05) is 11.8 Å². The molecule has 5 saturated carbocycles. The molecule has 10 atom stereocenters. The summed E-state index contributed by atoms with van der Waals surface area (Å²) < 4.78 is 5.91. The minimum absolute atomic E-state index is 0.499. The molecular weight excluding hydrogens is 164 g/mol. The summed E-state index contributed by atoms with van der Waals surface area (Å²) in [6.07, 6.45) is 1.94. The second-order valence-corrected chi connectivity index (χ2v) is 6.26. The molecule has 0 aromatic heterocycles. The van der Waals surface area contributed by atoms with E-state index in [1.807, 2.05) is 0 Å². The Hall–Kier alpha value is -0.0800. The molecular formula is C11H12O2. The molecule has 4 bridgehead atoms. The van der Waals surface area contributed by atoms with Crippen LogP contribution in [-0.2, 0) is 4.74 Å². The van der Waals surface area contributed by atoms with Crippen LogP contribution in [0.1, 0.15) is 6.42 Å². The predicted octanol–water partition coefficient (Wildman–Crippen LogP) is 0.462. The van der Waals surface area contributed by atoms with Gasteiger partial charge in [0.15, 0.2) is 5.79 Å². The van der Waals surface area contributed by atoms with Crippen LogP contribution in [0.4, 0.5) is 0 Å². The first-order chi connectivity index (χ1) is 6.32. The van der Waals surface area contributed by atoms with Crippen molar-refractivity contribution in [3.63, 3.8) is 0 Å². The highest BCUT2D eigenvalue weighted by Crippen LogP contribution is 2.89. The molecule has 0 radical (unpaired) electrons. The van der Waals surface area contributed by atoms with Gasteiger partial charge in [-0.05, 0) is 41.9 Å². The molecule has 7 fully saturated rings. The van der Waals surface area contributed by atoms with Crippen molar-refractivity contribution in [2.75, 3.05) is 0 Å². The summed E-state index contributed by atoms with van der Waals surface area (Å²) in [5.74, 6) is 5.88. The minimum Gasteiger partial charge on any atom is -0.365 e. The lowest BCUT2D eigenvalue weighted by Gasteiger charge is -2.44. The van der Waals surface area contributed by atoms with Gasteiger partial charge < -0.3 is 9.84 Å². The summed E-state index contributed by atoms with van der Waals surface area (Å²) in [6, 6.07) is 0. The fourth-order valence-corrected chi connectivity index (χ4v) is 6.97. The zero-order valence-electron chi connectivity index (χ0n) is 7.26. The van der Waals surface area contributed by atoms with E-state index in [0.29, 0.717) is 17.9 Å². The molecule has 5 aliphatic carbocycles. The maximum Gasteiger partial charge on any atom is 0.172 e. The first-order valence-corrected chi connectivity index (χ1v) is 5.72. The van der Waals surface area contributed by atoms with Crippen molar-refractivity contribution in [1.29, 1.82) is 0 Å². The smallest absolute Gasteiger partial charge is 0.172 e. The molecule has 0 aromatic carbocycles. The third kappa shape index (κ3) is 0.278. The highest BCUT2D eigenvalue weighted by molar-refractivity contribution is 5.36. The molecule has 0 spiro atoms. The third-order valence-electron chi connectivity index (χ3n) is 6.66. The Morgan fingerprint density at radius 1 is 1.00 bits per heavy atom. The van der Waals surface area contributed by atoms with Crippen molar-refractivity contribution >= 4 is 0 Å². The van der Waals surface area contributed by atoms with Crippen LogP contribution in [0.2, 0.25) is 0 Å². The van der Waals surface area contributed by atoms with Gasteiger partial charge in [-0.1, -0.05) is 0 Å². The standard InChI is InChI=1S/C11H12O2/c12-11-8-3-1-2-4-5(3)9(11)7(4)10(13-11)6(2)8/h2-10,12H,1H2. The molecule has 0 amide bonds. The number of ether oxygens (including phenoxy) is 1. The Morgan fingerprint density at radius 2 is 1.92 bits per heavy atom. The summed E-state index contributed by atoms with van der Waals surface area (Å²) in [6.45, 7) is 0. The van der Waals surface area contributed by atoms with Gasteiger partial charge in [-0.15, -0.1) is 0 Å². The molecule has 0 aromatic rings. The van der Waals surface area contributed by atoms with Crippen LogP contribution in [0, 0.1) is 47.3 Å². The first kappa shape index (κ1) is 5.72. The number of aliphatic hydroxyl groups is 1. The maximum absolute atomic E-state index is 10.5. The van der Waals surface area contributed by atoms with Crippen molar-refractivity contribution in [2.45, 2.75) is 18.3 Å². The fourth-order valence-electron chi connectivity index (χ4n) is 6.97. The number of hydrogen-bond acceptors (Lipinski definition) is 2. The number of hydrogen-bond donors (Lipinski definition) is 1. The van der Waals surface area contributed by atoms with E-state index in [9.17, 15) is 5.11 Å². The predicted molar refractivity (Wildman–Crippen MR) is 42.4 cm³/mol. The lowest BCUT2D eigenvalue weighted by molar-refractivity contribution is -0.198. The second-order valence-electron chi connectivity index (χ2n) is 6.26. The Morgan fingerprint density at radius 3 is 2.85 bits per heavy atom. The van der Waals surface area contributed by atoms with E-state index < -0.39 is 5.79 Å². The zero-order valence-corrected chi connectivity index (χ0v) is 7.26. The summed E-state index contributed by atoms with van der Waals surface area (Å²) >= 11 is 0. The number of rotatable bonds is 0. The normalized spacial score (nSPS) is 93.5. The quantitative estimate of drug-likeness (QED) is 0.581. The van der Waals surface area contributed by atoms with Crippen LogP contribution in [0.5, 0.6) is 0 Å². The van der Waals surface area contributed by atoms with Crippen LogP contribution in [-0.4, -0.2) is 17.0 Å². The Balaban J connectivity index is 1.84. The molecule has 68 valence electrons. The van der Waals surface area contributed by atoms with E-state index in [1.165, 1.54) is 6.42 Å². The van der Waals surface area contributed by atoms with Gasteiger partial charge in [0.05, 0.1) is 6.10 Å². The van der Waals surface area contributed by atoms with Gasteiger partial charge in [0.2, 0.25) is 0 Å². The summed E-state index contributed by atoms with van der Waals surface area (Å²) in [4.78, 5) is 0. The third-order valence-corrected chi connectivity index (χ3v) is 6.66. The average molecular weight is 176 g/mol. The lowest BCUT2D eigenvalue weighted by Crippen LogP contribution is -2.48. The minimum atomic E-state index is -0.614. The fraction of sp³-hybridized carbons (Fsp3) is 1.00. The van der Waals surface area contributed by atoms with Crippen molar-refractivity contribution < 1.29 is 9.84 Å². The van der Waals surface area contributed by atoms with E-state index in [2.05, 4.69) is 0 Å². The summed E-state index contributed by atoms with van der Waals surface area (Å²) in [5, 5.41) is 10.5. The van der Waals surface area contributed by atoms with E-state index in [4.69, 9.17) is 4.74 Å². The molecule has 7 aliphatic rings. The van der Waals surface area contributed by atoms with Crippen molar-refractivity contribution in [2.24, 2.45) is 47.3 Å². The highest BCUT2D eigenvalue weighted by Gasteiger charge is 2.92. The van der Waals surface area contributed by atoms with Gasteiger partial charge in [-0.2, -0.15) is 0 Å². The zero-order chi connectivity index (χ0) is 8.11. The summed E-state index contributed by atoms with van der Waals surface area (Å²) in [5.41, 5.74) is 0. The van der Waals surface area contributed by atoms with Crippen LogP contribution in [0.3, 0.4) is 0 Å². The molecule has 2 saturated heterocycles. The Labute approximate surface area is 76.3 Å². The monoisotopic (exact) mass is 176 g/mol. The maximum atomic E-state index is 10.5. The van der Waals surface area contributed by atoms with Crippen molar-refractivity contribution in [1.82, 2.24) is 0 Å². The van der Waals surface area contributed by atoms with E-state index in [-0.39, 0.29) is 0 Å². The molecule has 13 heavy (non-hydrogen) atoms. The van der Waals surface area contributed by atoms with Gasteiger partial charge >= 0.3 is 0 Å². The molecule has 2 nitrogen and oxygen atoms in total. The molecule has 7 rings (SSSR count). The Bertz CT molecular complexity index is 354. The average Bonchev–Trinajstić information content (AvgIpc) is 2.58. The van der Waals surface area contributed by atoms with Crippen LogP contribution in [0.15, 0.2) is 0 Å². The summed E-state index contributed by atoms with van der Waals surface area (Å²) in [7, 11) is 0.